The molecule has 0 saturated heterocycles. The smallest absolute Gasteiger partial charge is 0.299 e. The van der Waals surface area contributed by atoms with Gasteiger partial charge in [-0.15, -0.1) is 11.3 Å². The van der Waals surface area contributed by atoms with Crippen molar-refractivity contribution in [3.8, 4) is 17.0 Å². The van der Waals surface area contributed by atoms with Gasteiger partial charge in [-0.3, -0.25) is 9.59 Å². The summed E-state index contributed by atoms with van der Waals surface area (Å²) in [5, 5.41) is 3.46. The number of rotatable bonds is 16. The zero-order valence-electron chi connectivity index (χ0n) is 30.7. The average molecular weight is 770 g/mol. The zero-order valence-corrected chi connectivity index (χ0v) is 32.3. The monoisotopic (exact) mass is 769 g/mol. The van der Waals surface area contributed by atoms with Gasteiger partial charge in [0.05, 0.1) is 36.8 Å². The summed E-state index contributed by atoms with van der Waals surface area (Å²) in [5.41, 5.74) is 7.17. The lowest BCUT2D eigenvalue weighted by Crippen LogP contribution is -2.29. The van der Waals surface area contributed by atoms with Crippen molar-refractivity contribution < 1.29 is 36.4 Å². The fraction of sp³-hybridized carbons (Fsp3) is 0.293. The molecule has 1 aliphatic rings. The van der Waals surface area contributed by atoms with Crippen LogP contribution in [-0.4, -0.2) is 64.5 Å². The molecule has 1 unspecified atom stereocenters. The van der Waals surface area contributed by atoms with Crippen molar-refractivity contribution in [1.82, 2.24) is 4.98 Å². The van der Waals surface area contributed by atoms with E-state index >= 15 is 0 Å². The fourth-order valence-electron chi connectivity index (χ4n) is 6.09. The number of carbonyl (C=O) groups excluding carboxylic acids is 2. The number of hydrogen-bond donors (Lipinski definition) is 1. The molecule has 13 heteroatoms. The summed E-state index contributed by atoms with van der Waals surface area (Å²) in [7, 11) is -3.93. The normalized spacial score (nSPS) is 13.1. The molecule has 0 spiro atoms. The Morgan fingerprint density at radius 2 is 1.69 bits per heavy atom. The Hall–Kier alpha value is -4.92. The number of benzene rings is 4. The molecular formula is C41H43N3O8S2. The van der Waals surface area contributed by atoms with Crippen molar-refractivity contribution in [2.24, 2.45) is 0 Å². The number of ether oxygens (including phenoxy) is 3. The Bertz CT molecular complexity index is 2220. The van der Waals surface area contributed by atoms with Gasteiger partial charge in [-0.1, -0.05) is 54.1 Å². The van der Waals surface area contributed by atoms with Crippen LogP contribution >= 0.6 is 11.3 Å². The van der Waals surface area contributed by atoms with Gasteiger partial charge in [0.2, 0.25) is 5.91 Å². The lowest BCUT2D eigenvalue weighted by Gasteiger charge is -2.18. The highest BCUT2D eigenvalue weighted by Crippen LogP contribution is 2.36. The van der Waals surface area contributed by atoms with Gasteiger partial charge >= 0.3 is 0 Å². The van der Waals surface area contributed by atoms with Gasteiger partial charge in [0, 0.05) is 28.2 Å². The average Bonchev–Trinajstić information content (AvgIpc) is 3.73. The summed E-state index contributed by atoms with van der Waals surface area (Å²) in [6, 6.07) is 27.4. The number of nitrogens with one attached hydrogen (secondary N) is 1. The molecule has 0 fully saturated rings. The maximum absolute atomic E-state index is 13.3. The van der Waals surface area contributed by atoms with Crippen LogP contribution < -0.4 is 15.0 Å². The Morgan fingerprint density at radius 3 is 2.48 bits per heavy atom. The summed E-state index contributed by atoms with van der Waals surface area (Å²) in [6.45, 7) is 8.86. The standard InChI is InChI=1S/C41H43N3O8S2/c1-27-12-15-35(16-13-27)54(47,48)52-30(4)50-22-20-49-21-23-51-34-10-7-9-31(24-34)25-38(45)42-41-43-39(29(3)53-41)33-14-17-37-32(26-33)18-19-44(37)40(46)36-11-6-5-8-28(36)2/h5-17,24,26,30H,18-23,25H2,1-4H3,(H,42,43,45). The molecule has 0 aliphatic carbocycles. The minimum atomic E-state index is -3.93. The molecule has 282 valence electrons. The molecule has 5 aromatic rings. The van der Waals surface area contributed by atoms with Crippen LogP contribution in [0.25, 0.3) is 11.3 Å². The van der Waals surface area contributed by atoms with E-state index in [0.29, 0.717) is 23.0 Å². The van der Waals surface area contributed by atoms with Gasteiger partial charge < -0.3 is 24.4 Å². The molecule has 2 heterocycles. The second-order valence-corrected chi connectivity index (χ2v) is 15.7. The molecule has 1 N–H and O–H groups in total. The van der Waals surface area contributed by atoms with Crippen LogP contribution in [0.3, 0.4) is 0 Å². The first kappa shape index (κ1) is 38.8. The first-order chi connectivity index (χ1) is 26.0. The molecule has 0 radical (unpaired) electrons. The first-order valence-corrected chi connectivity index (χ1v) is 19.9. The minimum Gasteiger partial charge on any atom is -0.491 e. The van der Waals surface area contributed by atoms with Crippen LogP contribution in [0.4, 0.5) is 10.8 Å². The van der Waals surface area contributed by atoms with E-state index in [1.165, 1.54) is 30.4 Å². The fourth-order valence-corrected chi connectivity index (χ4v) is 7.94. The van der Waals surface area contributed by atoms with Crippen molar-refractivity contribution in [1.29, 1.82) is 0 Å². The van der Waals surface area contributed by atoms with Gasteiger partial charge in [-0.05, 0) is 93.3 Å². The molecule has 1 atom stereocenters. The molecule has 11 nitrogen and oxygen atoms in total. The summed E-state index contributed by atoms with van der Waals surface area (Å²) < 4.78 is 46.7. The van der Waals surface area contributed by atoms with Crippen LogP contribution in [0.15, 0.2) is 95.9 Å². The highest BCUT2D eigenvalue weighted by atomic mass is 32.2. The van der Waals surface area contributed by atoms with Crippen molar-refractivity contribution in [2.45, 2.75) is 51.7 Å². The SMILES string of the molecule is Cc1ccc(S(=O)(=O)OC(C)OCCOCCOc2cccc(CC(=O)Nc3nc(-c4ccc5c(c4)CCN5C(=O)c4ccccc4C)c(C)s3)c2)cc1. The topological polar surface area (TPSA) is 133 Å². The number of thiazole rings is 1. The number of aryl methyl sites for hydroxylation is 3. The molecule has 2 amide bonds. The predicted molar refractivity (Wildman–Crippen MR) is 209 cm³/mol. The molecule has 54 heavy (non-hydrogen) atoms. The number of anilines is 2. The van der Waals surface area contributed by atoms with Crippen molar-refractivity contribution in [3.63, 3.8) is 0 Å². The lowest BCUT2D eigenvalue weighted by molar-refractivity contribution is -0.115. The van der Waals surface area contributed by atoms with E-state index in [2.05, 4.69) is 11.4 Å². The van der Waals surface area contributed by atoms with E-state index in [9.17, 15) is 18.0 Å². The number of carbonyl (C=O) groups is 2. The highest BCUT2D eigenvalue weighted by molar-refractivity contribution is 7.86. The Kier molecular flexibility index (Phi) is 12.6. The molecule has 6 rings (SSSR count). The van der Waals surface area contributed by atoms with Crippen molar-refractivity contribution in [3.05, 3.63) is 124 Å². The van der Waals surface area contributed by atoms with Gasteiger partial charge in [0.15, 0.2) is 11.4 Å². The predicted octanol–water partition coefficient (Wildman–Crippen LogP) is 7.28. The first-order valence-electron chi connectivity index (χ1n) is 17.7. The van der Waals surface area contributed by atoms with Crippen LogP contribution in [0.1, 0.15) is 44.4 Å². The van der Waals surface area contributed by atoms with Gasteiger partial charge in [0.1, 0.15) is 12.4 Å². The maximum atomic E-state index is 13.3. The third-order valence-electron chi connectivity index (χ3n) is 8.82. The Morgan fingerprint density at radius 1 is 0.907 bits per heavy atom. The minimum absolute atomic E-state index is 0.00717. The third-order valence-corrected chi connectivity index (χ3v) is 11.1. The lowest BCUT2D eigenvalue weighted by atomic mass is 10.0. The van der Waals surface area contributed by atoms with Gasteiger partial charge in [0.25, 0.3) is 16.0 Å². The summed E-state index contributed by atoms with van der Waals surface area (Å²) in [4.78, 5) is 34.0. The molecule has 1 aromatic heterocycles. The summed E-state index contributed by atoms with van der Waals surface area (Å²) >= 11 is 1.42. The molecule has 0 bridgehead atoms. The summed E-state index contributed by atoms with van der Waals surface area (Å²) in [5.74, 6) is 0.416. The third kappa shape index (κ3) is 9.78. The summed E-state index contributed by atoms with van der Waals surface area (Å²) in [6.07, 6.45) is -0.0695. The number of nitrogens with zero attached hydrogens (tertiary/aromatic N) is 2. The maximum Gasteiger partial charge on any atom is 0.299 e. The largest absolute Gasteiger partial charge is 0.491 e. The highest BCUT2D eigenvalue weighted by Gasteiger charge is 2.27. The van der Waals surface area contributed by atoms with Crippen LogP contribution in [-0.2, 0) is 41.4 Å². The van der Waals surface area contributed by atoms with E-state index in [0.717, 1.165) is 50.5 Å². The number of hydrogen-bond acceptors (Lipinski definition) is 10. The molecule has 1 aliphatic heterocycles. The quantitative estimate of drug-likeness (QED) is 0.0625. The van der Waals surface area contributed by atoms with Gasteiger partial charge in [-0.25, -0.2) is 9.17 Å². The van der Waals surface area contributed by atoms with Crippen LogP contribution in [0, 0.1) is 20.8 Å². The van der Waals surface area contributed by atoms with E-state index in [-0.39, 0.29) is 49.6 Å². The van der Waals surface area contributed by atoms with E-state index in [4.69, 9.17) is 23.4 Å². The number of aromatic nitrogens is 1. The van der Waals surface area contributed by atoms with Crippen LogP contribution in [0.5, 0.6) is 5.75 Å². The van der Waals surface area contributed by atoms with E-state index < -0.39 is 16.4 Å². The number of fused-ring (bicyclic) bond motifs is 1. The van der Waals surface area contributed by atoms with Gasteiger partial charge in [-0.2, -0.15) is 8.42 Å². The molecule has 4 aromatic carbocycles. The Balaban J connectivity index is 0.931. The Labute approximate surface area is 320 Å². The second-order valence-electron chi connectivity index (χ2n) is 12.9. The molecular weight excluding hydrogens is 727 g/mol. The van der Waals surface area contributed by atoms with Crippen molar-refractivity contribution >= 4 is 44.1 Å². The second kappa shape index (κ2) is 17.5. The van der Waals surface area contributed by atoms with E-state index in [1.807, 2.05) is 86.3 Å². The van der Waals surface area contributed by atoms with Crippen LogP contribution in [0.2, 0.25) is 0 Å². The number of amides is 2. The van der Waals surface area contributed by atoms with E-state index in [1.54, 1.807) is 12.1 Å². The zero-order chi connectivity index (χ0) is 38.2. The van der Waals surface area contributed by atoms with Crippen molar-refractivity contribution in [2.75, 3.05) is 43.2 Å². The molecule has 0 saturated carbocycles.